The normalized spacial score (nSPS) is 30.3. The minimum absolute atomic E-state index is 0.318. The fourth-order valence-corrected chi connectivity index (χ4v) is 1.83. The Morgan fingerprint density at radius 2 is 2.08 bits per heavy atom. The second-order valence-electron chi connectivity index (χ2n) is 3.35. The van der Waals surface area contributed by atoms with E-state index in [4.69, 9.17) is 5.11 Å². The summed E-state index contributed by atoms with van der Waals surface area (Å²) in [6.45, 7) is 2.14. The number of fused-ring (bicyclic) bond motifs is 1. The molecule has 0 aromatic heterocycles. The largest absolute Gasteiger partial charge is 0.508 e. The number of rotatable bonds is 1. The zero-order valence-electron chi connectivity index (χ0n) is 7.14. The standard InChI is InChI=1S/C9H11N3O/c13-8-3-1-7(2-4-8)12-9-10-5-6-11(9)12/h1-4,9-10,13H,5-6H2. The van der Waals surface area contributed by atoms with E-state index in [2.05, 4.69) is 15.3 Å². The Bertz CT molecular complexity index is 314. The van der Waals surface area contributed by atoms with E-state index in [9.17, 15) is 0 Å². The highest BCUT2D eigenvalue weighted by Crippen LogP contribution is 2.34. The molecule has 2 saturated heterocycles. The van der Waals surface area contributed by atoms with Gasteiger partial charge in [-0.15, -0.1) is 0 Å². The Balaban J connectivity index is 1.83. The summed E-state index contributed by atoms with van der Waals surface area (Å²) in [4.78, 5) is 0. The predicted octanol–water partition coefficient (Wildman–Crippen LogP) is 0.316. The highest BCUT2D eigenvalue weighted by Gasteiger charge is 2.48. The molecule has 0 bridgehead atoms. The molecule has 2 aliphatic heterocycles. The van der Waals surface area contributed by atoms with Crippen molar-refractivity contribution in [3.8, 4) is 5.75 Å². The first-order valence-electron chi connectivity index (χ1n) is 4.44. The van der Waals surface area contributed by atoms with E-state index in [1.165, 1.54) is 0 Å². The lowest BCUT2D eigenvalue weighted by Crippen LogP contribution is -2.22. The molecule has 1 aromatic carbocycles. The molecule has 1 aromatic rings. The van der Waals surface area contributed by atoms with E-state index in [1.807, 2.05) is 12.1 Å². The minimum Gasteiger partial charge on any atom is -0.508 e. The quantitative estimate of drug-likeness (QED) is 0.606. The van der Waals surface area contributed by atoms with Crippen molar-refractivity contribution in [1.29, 1.82) is 0 Å². The summed E-state index contributed by atoms with van der Waals surface area (Å²) in [6.07, 6.45) is 0.393. The summed E-state index contributed by atoms with van der Waals surface area (Å²) >= 11 is 0. The van der Waals surface area contributed by atoms with Gasteiger partial charge >= 0.3 is 0 Å². The highest BCUT2D eigenvalue weighted by molar-refractivity contribution is 5.53. The smallest absolute Gasteiger partial charge is 0.169 e. The Hall–Kier alpha value is -1.26. The number of hydrogen-bond donors (Lipinski definition) is 2. The van der Waals surface area contributed by atoms with Crippen molar-refractivity contribution in [2.75, 3.05) is 18.1 Å². The number of anilines is 1. The zero-order valence-corrected chi connectivity index (χ0v) is 7.14. The van der Waals surface area contributed by atoms with Crippen molar-refractivity contribution in [1.82, 2.24) is 10.3 Å². The fraction of sp³-hybridized carbons (Fsp3) is 0.333. The van der Waals surface area contributed by atoms with Gasteiger partial charge in [0.2, 0.25) is 0 Å². The van der Waals surface area contributed by atoms with Gasteiger partial charge in [-0.3, -0.25) is 10.3 Å². The molecular weight excluding hydrogens is 166 g/mol. The number of nitrogens with zero attached hydrogens (tertiary/aromatic N) is 2. The van der Waals surface area contributed by atoms with Crippen LogP contribution in [-0.2, 0) is 0 Å². The Morgan fingerprint density at radius 3 is 2.69 bits per heavy atom. The van der Waals surface area contributed by atoms with Crippen molar-refractivity contribution in [3.63, 3.8) is 0 Å². The van der Waals surface area contributed by atoms with Crippen LogP contribution in [0.5, 0.6) is 5.75 Å². The second kappa shape index (κ2) is 2.37. The van der Waals surface area contributed by atoms with Crippen LogP contribution in [0.2, 0.25) is 0 Å². The van der Waals surface area contributed by atoms with Crippen molar-refractivity contribution >= 4 is 5.69 Å². The molecule has 68 valence electrons. The third-order valence-corrected chi connectivity index (χ3v) is 2.52. The Morgan fingerprint density at radius 1 is 1.31 bits per heavy atom. The molecule has 3 rings (SSSR count). The number of nitrogens with one attached hydrogen (secondary N) is 1. The first-order valence-corrected chi connectivity index (χ1v) is 4.44. The third-order valence-electron chi connectivity index (χ3n) is 2.52. The summed E-state index contributed by atoms with van der Waals surface area (Å²) < 4.78 is 0. The molecule has 2 unspecified atom stereocenters. The van der Waals surface area contributed by atoms with Crippen LogP contribution in [0.25, 0.3) is 0 Å². The van der Waals surface area contributed by atoms with Gasteiger partial charge in [0.25, 0.3) is 0 Å². The number of benzene rings is 1. The first-order chi connectivity index (χ1) is 6.36. The summed E-state index contributed by atoms with van der Waals surface area (Å²) in [5, 5.41) is 16.9. The molecule has 4 heteroatoms. The van der Waals surface area contributed by atoms with Crippen LogP contribution in [0, 0.1) is 0 Å². The van der Waals surface area contributed by atoms with Gasteiger partial charge in [-0.05, 0) is 24.3 Å². The zero-order chi connectivity index (χ0) is 8.84. The highest BCUT2D eigenvalue weighted by atomic mass is 16.3. The Labute approximate surface area is 76.3 Å². The van der Waals surface area contributed by atoms with Gasteiger partial charge in [-0.2, -0.15) is 5.01 Å². The van der Waals surface area contributed by atoms with Crippen LogP contribution in [0.3, 0.4) is 0 Å². The van der Waals surface area contributed by atoms with Crippen LogP contribution in [0.1, 0.15) is 0 Å². The van der Waals surface area contributed by atoms with Gasteiger partial charge in [0.15, 0.2) is 6.29 Å². The van der Waals surface area contributed by atoms with Gasteiger partial charge in [0, 0.05) is 13.1 Å². The lowest BCUT2D eigenvalue weighted by atomic mass is 10.3. The summed E-state index contributed by atoms with van der Waals surface area (Å²) in [5.74, 6) is 0.318. The SMILES string of the molecule is Oc1ccc(N2C3NCCN32)cc1. The van der Waals surface area contributed by atoms with Crippen LogP contribution in [0.4, 0.5) is 5.69 Å². The molecule has 2 atom stereocenters. The average Bonchev–Trinajstić information content (AvgIpc) is 2.63. The van der Waals surface area contributed by atoms with Crippen molar-refractivity contribution in [3.05, 3.63) is 24.3 Å². The van der Waals surface area contributed by atoms with Crippen molar-refractivity contribution in [2.24, 2.45) is 0 Å². The van der Waals surface area contributed by atoms with Crippen LogP contribution in [-0.4, -0.2) is 29.5 Å². The van der Waals surface area contributed by atoms with Crippen molar-refractivity contribution < 1.29 is 5.11 Å². The average molecular weight is 177 g/mol. The number of aromatic hydroxyl groups is 1. The van der Waals surface area contributed by atoms with Gasteiger partial charge < -0.3 is 5.11 Å². The van der Waals surface area contributed by atoms with Gasteiger partial charge in [-0.1, -0.05) is 0 Å². The molecule has 0 aliphatic carbocycles. The topological polar surface area (TPSA) is 38.3 Å². The number of phenols is 1. The molecule has 0 spiro atoms. The predicted molar refractivity (Wildman–Crippen MR) is 49.1 cm³/mol. The number of phenolic OH excluding ortho intramolecular Hbond substituents is 1. The third kappa shape index (κ3) is 0.993. The minimum atomic E-state index is 0.318. The lowest BCUT2D eigenvalue weighted by Gasteiger charge is -2.07. The van der Waals surface area contributed by atoms with Crippen LogP contribution >= 0.6 is 0 Å². The molecule has 13 heavy (non-hydrogen) atoms. The molecule has 0 saturated carbocycles. The number of hydrogen-bond acceptors (Lipinski definition) is 4. The van der Waals surface area contributed by atoms with Gasteiger partial charge in [0.05, 0.1) is 5.69 Å². The maximum Gasteiger partial charge on any atom is 0.169 e. The van der Waals surface area contributed by atoms with E-state index in [0.717, 1.165) is 18.8 Å². The van der Waals surface area contributed by atoms with E-state index in [1.54, 1.807) is 12.1 Å². The lowest BCUT2D eigenvalue weighted by molar-refractivity contribution is 0.475. The van der Waals surface area contributed by atoms with Crippen molar-refractivity contribution in [2.45, 2.75) is 6.29 Å². The molecule has 0 amide bonds. The fourth-order valence-electron chi connectivity index (χ4n) is 1.83. The molecule has 4 nitrogen and oxygen atoms in total. The van der Waals surface area contributed by atoms with E-state index >= 15 is 0 Å². The molecule has 2 fully saturated rings. The molecule has 2 aliphatic rings. The van der Waals surface area contributed by atoms with E-state index in [-0.39, 0.29) is 0 Å². The molecule has 2 N–H and O–H groups in total. The van der Waals surface area contributed by atoms with Gasteiger partial charge in [0.1, 0.15) is 5.75 Å². The van der Waals surface area contributed by atoms with E-state index < -0.39 is 0 Å². The summed E-state index contributed by atoms with van der Waals surface area (Å²) in [6, 6.07) is 7.28. The van der Waals surface area contributed by atoms with Crippen LogP contribution in [0.15, 0.2) is 24.3 Å². The van der Waals surface area contributed by atoms with Crippen LogP contribution < -0.4 is 10.3 Å². The summed E-state index contributed by atoms with van der Waals surface area (Å²) in [5.41, 5.74) is 1.13. The molecule has 0 radical (unpaired) electrons. The second-order valence-corrected chi connectivity index (χ2v) is 3.35. The maximum absolute atomic E-state index is 9.11. The van der Waals surface area contributed by atoms with Gasteiger partial charge in [-0.25, -0.2) is 0 Å². The van der Waals surface area contributed by atoms with E-state index in [0.29, 0.717) is 12.0 Å². The first kappa shape index (κ1) is 7.17. The maximum atomic E-state index is 9.11. The summed E-state index contributed by atoms with van der Waals surface area (Å²) in [7, 11) is 0. The number of hydrazine groups is 1. The monoisotopic (exact) mass is 177 g/mol. The molecule has 2 heterocycles. The molecular formula is C9H11N3O. The Kier molecular flexibility index (Phi) is 1.31.